The predicted molar refractivity (Wildman–Crippen MR) is 59.6 cm³/mol. The van der Waals surface area contributed by atoms with Crippen molar-refractivity contribution in [3.05, 3.63) is 15.6 Å². The number of rotatable bonds is 4. The topological polar surface area (TPSA) is 36.4 Å². The van der Waals surface area contributed by atoms with E-state index in [0.29, 0.717) is 0 Å². The molecule has 0 aliphatic heterocycles. The van der Waals surface area contributed by atoms with Gasteiger partial charge in [-0.25, -0.2) is 4.98 Å². The van der Waals surface area contributed by atoms with Crippen LogP contribution in [0.15, 0.2) is 0 Å². The Hall–Kier alpha value is -0.450. The third-order valence-corrected chi connectivity index (χ3v) is 3.53. The van der Waals surface area contributed by atoms with Crippen LogP contribution < -0.4 is 0 Å². The average molecular weight is 214 g/mol. The Morgan fingerprint density at radius 3 is 2.57 bits per heavy atom. The van der Waals surface area contributed by atoms with Gasteiger partial charge in [-0.3, -0.25) is 4.90 Å². The molecule has 1 unspecified atom stereocenters. The van der Waals surface area contributed by atoms with Crippen LogP contribution in [0.2, 0.25) is 0 Å². The molecule has 0 saturated carbocycles. The van der Waals surface area contributed by atoms with E-state index in [1.165, 1.54) is 4.88 Å². The van der Waals surface area contributed by atoms with Gasteiger partial charge in [-0.15, -0.1) is 11.3 Å². The fourth-order valence-corrected chi connectivity index (χ4v) is 2.11. The molecule has 0 spiro atoms. The lowest BCUT2D eigenvalue weighted by Gasteiger charge is -2.21. The van der Waals surface area contributed by atoms with Gasteiger partial charge in [0.25, 0.3) is 0 Å². The molecule has 0 amide bonds. The average Bonchev–Trinajstić information content (AvgIpc) is 2.44. The molecule has 1 rings (SSSR count). The highest BCUT2D eigenvalue weighted by Gasteiger charge is 2.11. The molecular weight excluding hydrogens is 196 g/mol. The van der Waals surface area contributed by atoms with Crippen molar-refractivity contribution in [2.45, 2.75) is 33.4 Å². The molecule has 0 aliphatic carbocycles. The second kappa shape index (κ2) is 4.87. The first-order chi connectivity index (χ1) is 6.54. The van der Waals surface area contributed by atoms with Crippen LogP contribution in [0, 0.1) is 13.8 Å². The summed E-state index contributed by atoms with van der Waals surface area (Å²) < 4.78 is 0. The van der Waals surface area contributed by atoms with Gasteiger partial charge in [0.1, 0.15) is 5.01 Å². The summed E-state index contributed by atoms with van der Waals surface area (Å²) in [7, 11) is 2.01. The normalized spacial score (nSPS) is 13.6. The lowest BCUT2D eigenvalue weighted by molar-refractivity contribution is 0.154. The summed E-state index contributed by atoms with van der Waals surface area (Å²) in [5, 5.41) is 10.1. The molecule has 0 saturated heterocycles. The molecule has 1 heterocycles. The minimum absolute atomic E-state index is 0.194. The first-order valence-corrected chi connectivity index (χ1v) is 5.60. The first-order valence-electron chi connectivity index (χ1n) is 4.78. The maximum Gasteiger partial charge on any atom is 0.107 e. The number of nitrogens with zero attached hydrogens (tertiary/aromatic N) is 2. The van der Waals surface area contributed by atoms with E-state index >= 15 is 0 Å². The zero-order chi connectivity index (χ0) is 10.7. The number of aryl methyl sites for hydroxylation is 2. The van der Waals surface area contributed by atoms with E-state index in [-0.39, 0.29) is 12.6 Å². The molecule has 0 aromatic carbocycles. The van der Waals surface area contributed by atoms with Crippen molar-refractivity contribution < 1.29 is 5.11 Å². The van der Waals surface area contributed by atoms with Gasteiger partial charge < -0.3 is 5.11 Å². The Bertz CT molecular complexity index is 279. The summed E-state index contributed by atoms with van der Waals surface area (Å²) in [6.45, 7) is 7.14. The van der Waals surface area contributed by atoms with E-state index in [1.54, 1.807) is 11.3 Å². The number of aliphatic hydroxyl groups is 1. The highest BCUT2D eigenvalue weighted by atomic mass is 32.1. The van der Waals surface area contributed by atoms with Crippen LogP contribution in [0.5, 0.6) is 0 Å². The summed E-state index contributed by atoms with van der Waals surface area (Å²) in [5.74, 6) is 0. The number of aliphatic hydroxyl groups excluding tert-OH is 1. The Balaban J connectivity index is 2.60. The Morgan fingerprint density at radius 1 is 1.50 bits per heavy atom. The second-order valence-electron chi connectivity index (χ2n) is 3.70. The SMILES string of the molecule is Cc1nc(CN(C)C(C)CO)sc1C. The molecule has 80 valence electrons. The number of hydrogen-bond donors (Lipinski definition) is 1. The van der Waals surface area contributed by atoms with Crippen molar-refractivity contribution in [3.63, 3.8) is 0 Å². The largest absolute Gasteiger partial charge is 0.395 e. The van der Waals surface area contributed by atoms with Crippen molar-refractivity contribution >= 4 is 11.3 Å². The number of hydrogen-bond acceptors (Lipinski definition) is 4. The zero-order valence-corrected chi connectivity index (χ0v) is 10.1. The van der Waals surface area contributed by atoms with Gasteiger partial charge in [0, 0.05) is 10.9 Å². The summed E-state index contributed by atoms with van der Waals surface area (Å²) in [5.41, 5.74) is 1.12. The number of aromatic nitrogens is 1. The monoisotopic (exact) mass is 214 g/mol. The van der Waals surface area contributed by atoms with E-state index in [4.69, 9.17) is 5.11 Å². The van der Waals surface area contributed by atoms with E-state index < -0.39 is 0 Å². The Morgan fingerprint density at radius 2 is 2.14 bits per heavy atom. The Labute approximate surface area is 89.4 Å². The fourth-order valence-electron chi connectivity index (χ4n) is 1.12. The molecule has 4 heteroatoms. The lowest BCUT2D eigenvalue weighted by atomic mass is 10.3. The van der Waals surface area contributed by atoms with E-state index in [1.807, 2.05) is 20.9 Å². The highest BCUT2D eigenvalue weighted by Crippen LogP contribution is 2.18. The molecule has 0 aliphatic rings. The van der Waals surface area contributed by atoms with Gasteiger partial charge in [0.05, 0.1) is 18.8 Å². The zero-order valence-electron chi connectivity index (χ0n) is 9.24. The van der Waals surface area contributed by atoms with Gasteiger partial charge in [-0.05, 0) is 27.8 Å². The van der Waals surface area contributed by atoms with Gasteiger partial charge in [-0.2, -0.15) is 0 Å². The van der Waals surface area contributed by atoms with Crippen LogP contribution in [-0.2, 0) is 6.54 Å². The van der Waals surface area contributed by atoms with Gasteiger partial charge in [-0.1, -0.05) is 0 Å². The van der Waals surface area contributed by atoms with Crippen molar-refractivity contribution in [1.29, 1.82) is 0 Å². The first kappa shape index (κ1) is 11.6. The molecule has 14 heavy (non-hydrogen) atoms. The van der Waals surface area contributed by atoms with Crippen molar-refractivity contribution in [3.8, 4) is 0 Å². The van der Waals surface area contributed by atoms with Crippen LogP contribution in [-0.4, -0.2) is 34.7 Å². The molecule has 3 nitrogen and oxygen atoms in total. The van der Waals surface area contributed by atoms with E-state index in [0.717, 1.165) is 17.2 Å². The fraction of sp³-hybridized carbons (Fsp3) is 0.700. The van der Waals surface area contributed by atoms with Gasteiger partial charge >= 0.3 is 0 Å². The highest BCUT2D eigenvalue weighted by molar-refractivity contribution is 7.11. The molecule has 1 aromatic rings. The van der Waals surface area contributed by atoms with Crippen LogP contribution in [0.4, 0.5) is 0 Å². The van der Waals surface area contributed by atoms with Crippen LogP contribution in [0.1, 0.15) is 22.5 Å². The minimum Gasteiger partial charge on any atom is -0.395 e. The van der Waals surface area contributed by atoms with Gasteiger partial charge in [0.2, 0.25) is 0 Å². The maximum absolute atomic E-state index is 8.98. The summed E-state index contributed by atoms with van der Waals surface area (Å²) in [6.07, 6.45) is 0. The standard InChI is InChI=1S/C10H18N2OS/c1-7(6-13)12(4)5-10-11-8(2)9(3)14-10/h7,13H,5-6H2,1-4H3. The van der Waals surface area contributed by atoms with Crippen molar-refractivity contribution in [2.24, 2.45) is 0 Å². The molecule has 1 atom stereocenters. The number of thiazole rings is 1. The van der Waals surface area contributed by atoms with Crippen molar-refractivity contribution in [1.82, 2.24) is 9.88 Å². The summed E-state index contributed by atoms with van der Waals surface area (Å²) >= 11 is 1.74. The smallest absolute Gasteiger partial charge is 0.107 e. The molecule has 0 bridgehead atoms. The quantitative estimate of drug-likeness (QED) is 0.826. The van der Waals surface area contributed by atoms with Crippen LogP contribution in [0.3, 0.4) is 0 Å². The maximum atomic E-state index is 8.98. The Kier molecular flexibility index (Phi) is 4.04. The third-order valence-electron chi connectivity index (χ3n) is 2.47. The minimum atomic E-state index is 0.194. The summed E-state index contributed by atoms with van der Waals surface area (Å²) in [6, 6.07) is 0.194. The van der Waals surface area contributed by atoms with Crippen molar-refractivity contribution in [2.75, 3.05) is 13.7 Å². The lowest BCUT2D eigenvalue weighted by Crippen LogP contribution is -2.31. The van der Waals surface area contributed by atoms with Gasteiger partial charge in [0.15, 0.2) is 0 Å². The second-order valence-corrected chi connectivity index (χ2v) is 4.98. The van der Waals surface area contributed by atoms with Crippen LogP contribution in [0.25, 0.3) is 0 Å². The molecular formula is C10H18N2OS. The molecule has 1 aromatic heterocycles. The molecule has 1 N–H and O–H groups in total. The number of likely N-dealkylation sites (N-methyl/N-ethyl adjacent to an activating group) is 1. The van der Waals surface area contributed by atoms with E-state index in [9.17, 15) is 0 Å². The summed E-state index contributed by atoms with van der Waals surface area (Å²) in [4.78, 5) is 7.85. The van der Waals surface area contributed by atoms with Crippen LogP contribution >= 0.6 is 11.3 Å². The third kappa shape index (κ3) is 2.77. The predicted octanol–water partition coefficient (Wildman–Crippen LogP) is 1.57. The molecule has 0 fully saturated rings. The van der Waals surface area contributed by atoms with E-state index in [2.05, 4.69) is 16.8 Å². The molecule has 0 radical (unpaired) electrons.